The number of esters is 1. The van der Waals surface area contributed by atoms with E-state index in [4.69, 9.17) is 15.5 Å². The molecule has 2 amide bonds. The molecule has 236 valence electrons. The van der Waals surface area contributed by atoms with Crippen LogP contribution in [0.25, 0.3) is 22.3 Å². The van der Waals surface area contributed by atoms with E-state index in [9.17, 15) is 24.3 Å². The second kappa shape index (κ2) is 10.9. The van der Waals surface area contributed by atoms with Crippen LogP contribution < -0.4 is 21.9 Å². The van der Waals surface area contributed by atoms with E-state index in [0.29, 0.717) is 23.6 Å². The smallest absolute Gasteiger partial charge is 0.343 e. The van der Waals surface area contributed by atoms with Crippen molar-refractivity contribution in [3.8, 4) is 11.4 Å². The molecule has 3 aromatic rings. The highest BCUT2D eigenvalue weighted by atomic mass is 16.6. The van der Waals surface area contributed by atoms with Crippen LogP contribution in [-0.4, -0.2) is 44.0 Å². The molecule has 0 radical (unpaired) electrons. The summed E-state index contributed by atoms with van der Waals surface area (Å²) in [7, 11) is 0. The number of aliphatic hydroxyl groups is 1. The average Bonchev–Trinajstić information content (AvgIpc) is 3.39. The van der Waals surface area contributed by atoms with Gasteiger partial charge >= 0.3 is 5.97 Å². The molecule has 4 heterocycles. The van der Waals surface area contributed by atoms with Crippen molar-refractivity contribution < 1.29 is 24.2 Å². The van der Waals surface area contributed by atoms with Gasteiger partial charge in [-0.3, -0.25) is 14.4 Å². The van der Waals surface area contributed by atoms with Crippen LogP contribution in [0.3, 0.4) is 0 Å². The van der Waals surface area contributed by atoms with Crippen LogP contribution in [0.15, 0.2) is 35.6 Å². The van der Waals surface area contributed by atoms with E-state index in [1.807, 2.05) is 26.0 Å². The number of ether oxygens (including phenoxy) is 1. The maximum atomic E-state index is 13.7. The first-order valence-corrected chi connectivity index (χ1v) is 15.5. The van der Waals surface area contributed by atoms with Crippen LogP contribution in [0.2, 0.25) is 0 Å². The zero-order valence-corrected chi connectivity index (χ0v) is 26.1. The first kappa shape index (κ1) is 30.7. The van der Waals surface area contributed by atoms with Gasteiger partial charge < -0.3 is 30.8 Å². The zero-order chi connectivity index (χ0) is 32.4. The van der Waals surface area contributed by atoms with Crippen molar-refractivity contribution in [2.24, 2.45) is 11.7 Å². The van der Waals surface area contributed by atoms with E-state index in [-0.39, 0.29) is 48.0 Å². The number of anilines is 1. The number of fused-ring (bicyclic) bond motifs is 5. The van der Waals surface area contributed by atoms with Gasteiger partial charge in [0.15, 0.2) is 5.60 Å². The van der Waals surface area contributed by atoms with Crippen molar-refractivity contribution in [1.82, 2.24) is 14.9 Å². The van der Waals surface area contributed by atoms with Gasteiger partial charge in [0.05, 0.1) is 29.0 Å². The Kier molecular flexibility index (Phi) is 7.44. The van der Waals surface area contributed by atoms with Crippen LogP contribution in [0.4, 0.5) is 5.69 Å². The van der Waals surface area contributed by atoms with E-state index in [0.717, 1.165) is 46.9 Å². The number of hydrogen-bond donors (Lipinski definition) is 4. The second-order valence-electron chi connectivity index (χ2n) is 12.7. The van der Waals surface area contributed by atoms with E-state index in [1.165, 1.54) is 0 Å². The average molecular weight is 614 g/mol. The molecule has 0 spiro atoms. The Hall–Kier alpha value is -4.35. The number of nitrogens with two attached hydrogens (primary N) is 1. The molecule has 1 aliphatic carbocycles. The summed E-state index contributed by atoms with van der Waals surface area (Å²) < 4.78 is 6.84. The van der Waals surface area contributed by atoms with Crippen LogP contribution in [0.5, 0.6) is 0 Å². The van der Waals surface area contributed by atoms with Crippen molar-refractivity contribution >= 4 is 34.4 Å². The van der Waals surface area contributed by atoms with Crippen LogP contribution >= 0.6 is 0 Å². The second-order valence-corrected chi connectivity index (χ2v) is 12.7. The van der Waals surface area contributed by atoms with Crippen molar-refractivity contribution in [1.29, 1.82) is 0 Å². The highest BCUT2D eigenvalue weighted by Crippen LogP contribution is 2.43. The molecular formula is C34H39N5O6. The largest absolute Gasteiger partial charge is 0.458 e. The Morgan fingerprint density at radius 1 is 1.20 bits per heavy atom. The lowest BCUT2D eigenvalue weighted by atomic mass is 9.83. The van der Waals surface area contributed by atoms with E-state index < -0.39 is 29.1 Å². The molecule has 0 bridgehead atoms. The number of amides is 2. The van der Waals surface area contributed by atoms with Crippen LogP contribution in [0, 0.1) is 5.92 Å². The molecule has 5 N–H and O–H groups in total. The molecule has 2 aliphatic heterocycles. The number of rotatable bonds is 8. The number of hydrogen-bond acceptors (Lipinski definition) is 8. The monoisotopic (exact) mass is 613 g/mol. The molecular weight excluding hydrogens is 574 g/mol. The Labute approximate surface area is 260 Å². The quantitative estimate of drug-likeness (QED) is 0.174. The molecule has 2 aromatic heterocycles. The lowest BCUT2D eigenvalue weighted by molar-refractivity contribution is -0.172. The van der Waals surface area contributed by atoms with Gasteiger partial charge in [0.1, 0.15) is 18.2 Å². The molecule has 0 saturated carbocycles. The molecule has 6 rings (SSSR count). The maximum Gasteiger partial charge on any atom is 0.343 e. The van der Waals surface area contributed by atoms with E-state index in [2.05, 4.69) is 17.2 Å². The van der Waals surface area contributed by atoms with E-state index >= 15 is 0 Å². The fraction of sp³-hybridized carbons (Fsp3) is 0.441. The van der Waals surface area contributed by atoms with Gasteiger partial charge in [0.2, 0.25) is 11.8 Å². The number of aryl methyl sites for hydroxylation is 2. The fourth-order valence-corrected chi connectivity index (χ4v) is 6.90. The van der Waals surface area contributed by atoms with Gasteiger partial charge in [-0.15, -0.1) is 6.58 Å². The Balaban J connectivity index is 1.35. The number of carbonyl (C=O) groups excluding carboxylic acids is 3. The van der Waals surface area contributed by atoms with Gasteiger partial charge in [0, 0.05) is 22.2 Å². The summed E-state index contributed by atoms with van der Waals surface area (Å²) in [4.78, 5) is 57.5. The molecule has 11 nitrogen and oxygen atoms in total. The van der Waals surface area contributed by atoms with Crippen molar-refractivity contribution in [2.45, 2.75) is 90.1 Å². The predicted octanol–water partition coefficient (Wildman–Crippen LogP) is 2.94. The minimum Gasteiger partial charge on any atom is -0.458 e. The number of aromatic nitrogens is 2. The summed E-state index contributed by atoms with van der Waals surface area (Å²) in [6, 6.07) is 4.55. The summed E-state index contributed by atoms with van der Waals surface area (Å²) in [5, 5.41) is 17.9. The van der Waals surface area contributed by atoms with E-state index in [1.54, 1.807) is 30.6 Å². The Morgan fingerprint density at radius 2 is 1.93 bits per heavy atom. The lowest BCUT2D eigenvalue weighted by Gasteiger charge is -2.32. The van der Waals surface area contributed by atoms with Gasteiger partial charge in [0.25, 0.3) is 5.56 Å². The molecule has 3 atom stereocenters. The number of nitrogens with one attached hydrogen (secondary N) is 2. The Morgan fingerprint density at radius 3 is 2.62 bits per heavy atom. The number of nitrogens with zero attached hydrogens (tertiary/aromatic N) is 2. The molecule has 0 fully saturated rings. The first-order valence-electron chi connectivity index (χ1n) is 15.5. The molecule has 11 heteroatoms. The van der Waals surface area contributed by atoms with Crippen LogP contribution in [-0.2, 0) is 50.7 Å². The molecule has 0 saturated heterocycles. The maximum absolute atomic E-state index is 13.7. The zero-order valence-electron chi connectivity index (χ0n) is 26.1. The number of carbonyl (C=O) groups is 3. The first-order chi connectivity index (χ1) is 21.3. The summed E-state index contributed by atoms with van der Waals surface area (Å²) in [6.45, 7) is 10.9. The van der Waals surface area contributed by atoms with Gasteiger partial charge in [-0.2, -0.15) is 0 Å². The third-order valence-corrected chi connectivity index (χ3v) is 9.86. The number of benzene rings is 1. The molecule has 45 heavy (non-hydrogen) atoms. The highest BCUT2D eigenvalue weighted by molar-refractivity contribution is 6.02. The van der Waals surface area contributed by atoms with Gasteiger partial charge in [-0.1, -0.05) is 26.8 Å². The molecule has 3 aliphatic rings. The topological polar surface area (TPSA) is 166 Å². The van der Waals surface area contributed by atoms with Crippen molar-refractivity contribution in [2.75, 3.05) is 5.32 Å². The van der Waals surface area contributed by atoms with Crippen molar-refractivity contribution in [3.63, 3.8) is 0 Å². The summed E-state index contributed by atoms with van der Waals surface area (Å²) in [5.41, 5.74) is 9.16. The third kappa shape index (κ3) is 4.59. The minimum atomic E-state index is -1.89. The van der Waals surface area contributed by atoms with Crippen molar-refractivity contribution in [3.05, 3.63) is 69.0 Å². The highest BCUT2D eigenvalue weighted by Gasteiger charge is 2.45. The van der Waals surface area contributed by atoms with Crippen LogP contribution in [0.1, 0.15) is 74.8 Å². The predicted molar refractivity (Wildman–Crippen MR) is 169 cm³/mol. The lowest BCUT2D eigenvalue weighted by Crippen LogP contribution is -2.60. The minimum absolute atomic E-state index is 0.0742. The molecule has 1 aromatic carbocycles. The van der Waals surface area contributed by atoms with Gasteiger partial charge in [-0.05, 0) is 74.3 Å². The number of pyridine rings is 2. The standard InChI is InChI=1S/C34H39N5O6/c1-6-13-33(35,17(3)4)31(42)36-18(5)29(40)38-24-11-12-25-27-19(9-8-10-20(24)27)21-15-39-26(28(21)37-25)14-23-22(30(39)41)16-45-32(43)34(23,44)7-2/h6,11-12,14,17-18,44H,1,7-10,13,15-16,35H2,2-5H3,(H,36,42)(H,38,40)/t18-,33-,34-/m0/s1. The SMILES string of the molecule is C=CC[C@@](N)(C(=O)N[C@@H](C)C(=O)Nc1ccc2nc3c(c4c2c1CCC4)Cn1c-3cc2c(c1=O)COC(=O)[C@]2(O)CC)C(C)C. The summed E-state index contributed by atoms with van der Waals surface area (Å²) in [5.74, 6) is -1.69. The Bertz CT molecular complexity index is 1860. The molecule has 0 unspecified atom stereocenters. The third-order valence-electron chi connectivity index (χ3n) is 9.86. The fourth-order valence-electron chi connectivity index (χ4n) is 6.90. The summed E-state index contributed by atoms with van der Waals surface area (Å²) in [6.07, 6.45) is 4.30. The van der Waals surface area contributed by atoms with Gasteiger partial charge in [-0.25, -0.2) is 9.78 Å². The number of cyclic esters (lactones) is 1. The normalized spacial score (nSPS) is 20.0. The summed E-state index contributed by atoms with van der Waals surface area (Å²) >= 11 is 0.